The van der Waals surface area contributed by atoms with Gasteiger partial charge >= 0.3 is 0 Å². The lowest BCUT2D eigenvalue weighted by Gasteiger charge is -2.32. The number of carbonyl (C=O) groups is 3. The molecule has 13 heteroatoms. The largest absolute Gasteiger partial charge is 0.347 e. The maximum Gasteiger partial charge on any atom is 0.271 e. The molecule has 0 bridgehead atoms. The summed E-state index contributed by atoms with van der Waals surface area (Å²) in [6.07, 6.45) is 6.58. The van der Waals surface area contributed by atoms with Gasteiger partial charge in [-0.3, -0.25) is 19.4 Å². The molecule has 41 heavy (non-hydrogen) atoms. The van der Waals surface area contributed by atoms with Crippen LogP contribution in [0.15, 0.2) is 76.3 Å². The highest BCUT2D eigenvalue weighted by molar-refractivity contribution is 7.89. The quantitative estimate of drug-likeness (QED) is 0.366. The van der Waals surface area contributed by atoms with E-state index in [0.29, 0.717) is 25.1 Å². The van der Waals surface area contributed by atoms with Gasteiger partial charge in [0.1, 0.15) is 5.71 Å². The summed E-state index contributed by atoms with van der Waals surface area (Å²) in [5, 5.41) is 8.53. The average Bonchev–Trinajstić information content (AvgIpc) is 3.40. The lowest BCUT2D eigenvalue weighted by molar-refractivity contribution is -0.115. The molecule has 2 aromatic rings. The molecule has 1 saturated heterocycles. The van der Waals surface area contributed by atoms with Crippen molar-refractivity contribution in [3.05, 3.63) is 82.0 Å². The number of hydrogen-bond acceptors (Lipinski definition) is 6. The van der Waals surface area contributed by atoms with Gasteiger partial charge in [0, 0.05) is 24.8 Å². The number of allylic oxidation sites excluding steroid dienone is 1. The van der Waals surface area contributed by atoms with Crippen molar-refractivity contribution in [3.63, 3.8) is 0 Å². The molecule has 2 aliphatic rings. The van der Waals surface area contributed by atoms with E-state index in [9.17, 15) is 22.8 Å². The molecule has 216 valence electrons. The van der Waals surface area contributed by atoms with Crippen LogP contribution in [-0.4, -0.2) is 61.8 Å². The average molecular weight is 619 g/mol. The molecule has 0 saturated carbocycles. The summed E-state index contributed by atoms with van der Waals surface area (Å²) in [7, 11) is -3.84. The third-order valence-corrected chi connectivity index (χ3v) is 8.95. The van der Waals surface area contributed by atoms with Crippen molar-refractivity contribution in [2.45, 2.75) is 37.1 Å². The van der Waals surface area contributed by atoms with Gasteiger partial charge in [-0.15, -0.1) is 0 Å². The Balaban J connectivity index is 1.37. The number of benzene rings is 2. The minimum Gasteiger partial charge on any atom is -0.347 e. The Morgan fingerprint density at radius 3 is 2.44 bits per heavy atom. The Morgan fingerprint density at radius 1 is 1.05 bits per heavy atom. The monoisotopic (exact) mass is 617 g/mol. The van der Waals surface area contributed by atoms with Crippen LogP contribution < -0.4 is 16.0 Å². The second-order valence-corrected chi connectivity index (χ2v) is 12.1. The number of amides is 3. The smallest absolute Gasteiger partial charge is 0.271 e. The topological polar surface area (TPSA) is 137 Å². The van der Waals surface area contributed by atoms with Gasteiger partial charge in [-0.2, -0.15) is 4.31 Å². The molecular formula is C28H29Cl2N5O5S. The molecule has 2 aliphatic heterocycles. The predicted molar refractivity (Wildman–Crippen MR) is 159 cm³/mol. The first-order valence-electron chi connectivity index (χ1n) is 13.0. The Hall–Kier alpha value is -3.51. The molecule has 1 atom stereocenters. The summed E-state index contributed by atoms with van der Waals surface area (Å²) in [6, 6.07) is 10.2. The maximum atomic E-state index is 13.3. The van der Waals surface area contributed by atoms with Crippen molar-refractivity contribution < 1.29 is 22.8 Å². The van der Waals surface area contributed by atoms with Crippen molar-refractivity contribution in [3.8, 4) is 0 Å². The van der Waals surface area contributed by atoms with Crippen molar-refractivity contribution in [2.24, 2.45) is 4.99 Å². The molecule has 1 fully saturated rings. The maximum absolute atomic E-state index is 13.3. The van der Waals surface area contributed by atoms with E-state index in [0.717, 1.165) is 6.42 Å². The third-order valence-electron chi connectivity index (χ3n) is 6.44. The van der Waals surface area contributed by atoms with E-state index in [-0.39, 0.29) is 50.9 Å². The van der Waals surface area contributed by atoms with Crippen LogP contribution in [0, 0.1) is 0 Å². The molecule has 3 N–H and O–H groups in total. The Morgan fingerprint density at radius 2 is 1.76 bits per heavy atom. The standard InChI is InChI=1S/C28H29Cl2N5O5S/c1-2-3-9-24(36)32-18-10-12-20(13-11-18)41(39,40)35-16-5-6-19(17-35)33-28(38)26-23(14-15-31-26)34-27(37)25-21(29)7-4-8-22(25)30/h3-4,7-14,19H,2,5-6,15-17H2,1H3,(H,32,36)(H,33,38)(H,34,37)/b9-3+/t19-/m1/s1. The van der Waals surface area contributed by atoms with E-state index >= 15 is 0 Å². The zero-order valence-electron chi connectivity index (χ0n) is 22.2. The molecule has 4 rings (SSSR count). The predicted octanol–water partition coefficient (Wildman–Crippen LogP) is 3.94. The van der Waals surface area contributed by atoms with Gasteiger partial charge < -0.3 is 16.0 Å². The van der Waals surface area contributed by atoms with Gasteiger partial charge in [0.15, 0.2) is 0 Å². The lowest BCUT2D eigenvalue weighted by Crippen LogP contribution is -2.51. The zero-order valence-corrected chi connectivity index (χ0v) is 24.5. The fourth-order valence-electron chi connectivity index (χ4n) is 4.41. The van der Waals surface area contributed by atoms with Gasteiger partial charge in [-0.1, -0.05) is 42.3 Å². The van der Waals surface area contributed by atoms with Crippen LogP contribution in [0.1, 0.15) is 36.5 Å². The van der Waals surface area contributed by atoms with E-state index in [1.54, 1.807) is 18.2 Å². The molecule has 3 amide bonds. The summed E-state index contributed by atoms with van der Waals surface area (Å²) >= 11 is 12.3. The van der Waals surface area contributed by atoms with Crippen LogP contribution in [0.25, 0.3) is 0 Å². The van der Waals surface area contributed by atoms with E-state index in [2.05, 4.69) is 20.9 Å². The van der Waals surface area contributed by atoms with Crippen molar-refractivity contribution in [1.29, 1.82) is 0 Å². The molecule has 0 spiro atoms. The number of aliphatic imine (C=N–C) groups is 1. The molecular weight excluding hydrogens is 589 g/mol. The number of nitrogens with zero attached hydrogens (tertiary/aromatic N) is 2. The zero-order chi connectivity index (χ0) is 29.6. The van der Waals surface area contributed by atoms with E-state index in [4.69, 9.17) is 23.2 Å². The summed E-state index contributed by atoms with van der Waals surface area (Å²) in [6.45, 7) is 2.49. The second-order valence-electron chi connectivity index (χ2n) is 9.36. The molecule has 10 nitrogen and oxygen atoms in total. The van der Waals surface area contributed by atoms with Gasteiger partial charge in [-0.25, -0.2) is 8.42 Å². The first kappa shape index (κ1) is 30.4. The van der Waals surface area contributed by atoms with E-state index < -0.39 is 27.9 Å². The molecule has 0 unspecified atom stereocenters. The first-order valence-corrected chi connectivity index (χ1v) is 15.2. The fourth-order valence-corrected chi connectivity index (χ4v) is 6.51. The number of nitrogens with one attached hydrogen (secondary N) is 3. The van der Waals surface area contributed by atoms with Crippen LogP contribution in [0.4, 0.5) is 5.69 Å². The Kier molecular flexibility index (Phi) is 9.98. The minimum absolute atomic E-state index is 0.0351. The highest BCUT2D eigenvalue weighted by atomic mass is 35.5. The van der Waals surface area contributed by atoms with Crippen molar-refractivity contribution in [2.75, 3.05) is 25.0 Å². The highest BCUT2D eigenvalue weighted by Crippen LogP contribution is 2.25. The number of hydrogen-bond donors (Lipinski definition) is 3. The van der Waals surface area contributed by atoms with E-state index in [1.165, 1.54) is 46.8 Å². The van der Waals surface area contributed by atoms with Gasteiger partial charge in [0.2, 0.25) is 15.9 Å². The number of sulfonamides is 1. The van der Waals surface area contributed by atoms with Crippen molar-refractivity contribution >= 4 is 62.3 Å². The molecule has 0 radical (unpaired) electrons. The molecule has 2 heterocycles. The molecule has 0 aromatic heterocycles. The van der Waals surface area contributed by atoms with Crippen LogP contribution >= 0.6 is 23.2 Å². The summed E-state index contributed by atoms with van der Waals surface area (Å²) < 4.78 is 28.0. The van der Waals surface area contributed by atoms with Crippen LogP contribution in [0.5, 0.6) is 0 Å². The van der Waals surface area contributed by atoms with Crippen LogP contribution in [0.3, 0.4) is 0 Å². The number of rotatable bonds is 9. The van der Waals surface area contributed by atoms with Crippen LogP contribution in [-0.2, 0) is 19.6 Å². The SMILES string of the molecule is CC/C=C/C(=O)Nc1ccc(S(=O)(=O)N2CCC[C@@H](NC(=O)C3=NCC=C3NC(=O)c3c(Cl)cccc3Cl)C2)cc1. The molecule has 2 aromatic carbocycles. The number of carbonyl (C=O) groups excluding carboxylic acids is 3. The van der Waals surface area contributed by atoms with Gasteiger partial charge in [-0.05, 0) is 67.8 Å². The van der Waals surface area contributed by atoms with Gasteiger partial charge in [0.25, 0.3) is 11.8 Å². The van der Waals surface area contributed by atoms with Crippen molar-refractivity contribution in [1.82, 2.24) is 14.9 Å². The Bertz CT molecular complexity index is 1520. The van der Waals surface area contributed by atoms with Crippen LogP contribution in [0.2, 0.25) is 10.0 Å². The van der Waals surface area contributed by atoms with Gasteiger partial charge in [0.05, 0.1) is 32.7 Å². The van der Waals surface area contributed by atoms with E-state index in [1.807, 2.05) is 6.92 Å². The summed E-state index contributed by atoms with van der Waals surface area (Å²) in [5.41, 5.74) is 0.818. The first-order chi connectivity index (χ1) is 19.6. The highest BCUT2D eigenvalue weighted by Gasteiger charge is 2.32. The third kappa shape index (κ3) is 7.42. The minimum atomic E-state index is -3.84. The number of anilines is 1. The second kappa shape index (κ2) is 13.4. The molecule has 0 aliphatic carbocycles. The Labute approximate surface area is 248 Å². The summed E-state index contributed by atoms with van der Waals surface area (Å²) in [4.78, 5) is 42.1. The fraction of sp³-hybridized carbons (Fsp3) is 0.286. The lowest BCUT2D eigenvalue weighted by atomic mass is 10.1. The summed E-state index contributed by atoms with van der Waals surface area (Å²) in [5.74, 6) is -1.40. The number of halogens is 2. The number of piperidine rings is 1. The normalized spacial score (nSPS) is 17.6.